The summed E-state index contributed by atoms with van der Waals surface area (Å²) in [6.45, 7) is 2.49. The van der Waals surface area contributed by atoms with Crippen LogP contribution in [0.3, 0.4) is 0 Å². The Morgan fingerprint density at radius 3 is 2.68 bits per heavy atom. The van der Waals surface area contributed by atoms with Crippen molar-refractivity contribution in [2.45, 2.75) is 6.42 Å². The Kier molecular flexibility index (Phi) is 7.84. The second-order valence-corrected chi connectivity index (χ2v) is 9.14. The Labute approximate surface area is 171 Å². The maximum absolute atomic E-state index is 12.4. The molecule has 6 nitrogen and oxygen atoms in total. The number of nitrogens with zero attached hydrogens (tertiary/aromatic N) is 3. The summed E-state index contributed by atoms with van der Waals surface area (Å²) < 4.78 is 26.4. The number of halogens is 1. The molecule has 0 aromatic heterocycles. The van der Waals surface area contributed by atoms with Crippen molar-refractivity contribution < 1.29 is 8.42 Å². The van der Waals surface area contributed by atoms with E-state index in [9.17, 15) is 8.42 Å². The zero-order valence-corrected chi connectivity index (χ0v) is 18.3. The number of para-hydroxylation sites is 1. The van der Waals surface area contributed by atoms with Gasteiger partial charge in [0.05, 0.1) is 5.75 Å². The van der Waals surface area contributed by atoms with Gasteiger partial charge in [0.25, 0.3) is 0 Å². The van der Waals surface area contributed by atoms with Crippen LogP contribution in [0.4, 0.5) is 5.69 Å². The summed E-state index contributed by atoms with van der Waals surface area (Å²) in [7, 11) is -1.45. The number of nitrogens with one attached hydrogen (secondary N) is 1. The van der Waals surface area contributed by atoms with Gasteiger partial charge in [0.15, 0.2) is 5.96 Å². The second-order valence-electron chi connectivity index (χ2n) is 5.83. The number of rotatable bonds is 4. The standard InChI is InChI=1S/C16H24N4O2S2.HI/c1-17-16(20-8-6-14-4-2-3-5-15(14)20)18-7-13-24(21,22)19-9-11-23-12-10-19;/h2-5H,6-13H2,1H3,(H,17,18);1H. The first kappa shape index (κ1) is 20.8. The molecule has 0 aliphatic carbocycles. The number of aliphatic imine (C=N–C) groups is 1. The van der Waals surface area contributed by atoms with Crippen LogP contribution in [0, 0.1) is 0 Å². The largest absolute Gasteiger partial charge is 0.355 e. The highest BCUT2D eigenvalue weighted by Crippen LogP contribution is 2.27. The first-order chi connectivity index (χ1) is 11.6. The Hall–Kier alpha value is -0.520. The minimum absolute atomic E-state index is 0. The third-order valence-corrected chi connectivity index (χ3v) is 7.18. The first-order valence-corrected chi connectivity index (χ1v) is 11.0. The van der Waals surface area contributed by atoms with Gasteiger partial charge in [-0.3, -0.25) is 4.99 Å². The lowest BCUT2D eigenvalue weighted by molar-refractivity contribution is 0.443. The number of benzene rings is 1. The summed E-state index contributed by atoms with van der Waals surface area (Å²) in [6, 6.07) is 8.27. The summed E-state index contributed by atoms with van der Waals surface area (Å²) in [5.41, 5.74) is 2.46. The number of sulfonamides is 1. The SMILES string of the molecule is CN=C(NCCS(=O)(=O)N1CCSCC1)N1CCc2ccccc21.I. The van der Waals surface area contributed by atoms with Gasteiger partial charge in [-0.2, -0.15) is 11.8 Å². The monoisotopic (exact) mass is 496 g/mol. The molecule has 1 fully saturated rings. The van der Waals surface area contributed by atoms with Gasteiger partial charge in [-0.15, -0.1) is 24.0 Å². The quantitative estimate of drug-likeness (QED) is 0.390. The van der Waals surface area contributed by atoms with Gasteiger partial charge >= 0.3 is 0 Å². The summed E-state index contributed by atoms with van der Waals surface area (Å²) in [5.74, 6) is 2.62. The molecule has 0 amide bonds. The normalized spacial score (nSPS) is 18.6. The molecule has 9 heteroatoms. The molecule has 0 unspecified atom stereocenters. The van der Waals surface area contributed by atoms with Crippen LogP contribution in [-0.2, 0) is 16.4 Å². The van der Waals surface area contributed by atoms with E-state index in [0.29, 0.717) is 19.6 Å². The van der Waals surface area contributed by atoms with E-state index in [1.165, 1.54) is 5.56 Å². The molecule has 0 saturated carbocycles. The molecule has 0 radical (unpaired) electrons. The fraction of sp³-hybridized carbons (Fsp3) is 0.562. The number of guanidine groups is 1. The lowest BCUT2D eigenvalue weighted by Gasteiger charge is -2.26. The molecular weight excluding hydrogens is 471 g/mol. The smallest absolute Gasteiger partial charge is 0.215 e. The molecule has 0 spiro atoms. The maximum Gasteiger partial charge on any atom is 0.215 e. The van der Waals surface area contributed by atoms with Gasteiger partial charge in [0.2, 0.25) is 10.0 Å². The van der Waals surface area contributed by atoms with Crippen LogP contribution in [0.15, 0.2) is 29.3 Å². The highest BCUT2D eigenvalue weighted by Gasteiger charge is 2.25. The van der Waals surface area contributed by atoms with Crippen LogP contribution in [-0.4, -0.2) is 69.2 Å². The van der Waals surface area contributed by atoms with Crippen molar-refractivity contribution in [1.29, 1.82) is 0 Å². The highest BCUT2D eigenvalue weighted by molar-refractivity contribution is 14.0. The van der Waals surface area contributed by atoms with E-state index in [2.05, 4.69) is 27.3 Å². The van der Waals surface area contributed by atoms with Gasteiger partial charge < -0.3 is 10.2 Å². The minimum Gasteiger partial charge on any atom is -0.355 e. The minimum atomic E-state index is -3.19. The van der Waals surface area contributed by atoms with Gasteiger partial charge in [-0.25, -0.2) is 12.7 Å². The van der Waals surface area contributed by atoms with E-state index >= 15 is 0 Å². The van der Waals surface area contributed by atoms with Gasteiger partial charge in [0.1, 0.15) is 0 Å². The molecule has 1 aromatic carbocycles. The maximum atomic E-state index is 12.4. The van der Waals surface area contributed by atoms with Crippen molar-refractivity contribution in [2.75, 3.05) is 55.4 Å². The van der Waals surface area contributed by atoms with Crippen LogP contribution in [0.2, 0.25) is 0 Å². The third kappa shape index (κ3) is 5.01. The van der Waals surface area contributed by atoms with Crippen LogP contribution >= 0.6 is 35.7 Å². The van der Waals surface area contributed by atoms with Crippen LogP contribution in [0.1, 0.15) is 5.56 Å². The molecule has 0 atom stereocenters. The van der Waals surface area contributed by atoms with Crippen molar-refractivity contribution in [3.63, 3.8) is 0 Å². The van der Waals surface area contributed by atoms with Crippen molar-refractivity contribution in [1.82, 2.24) is 9.62 Å². The Morgan fingerprint density at radius 1 is 1.24 bits per heavy atom. The molecular formula is C16H25IN4O2S2. The Bertz CT molecular complexity index is 706. The molecule has 1 aromatic rings. The van der Waals surface area contributed by atoms with Crippen molar-refractivity contribution in [3.8, 4) is 0 Å². The highest BCUT2D eigenvalue weighted by atomic mass is 127. The average Bonchev–Trinajstić information content (AvgIpc) is 3.03. The molecule has 140 valence electrons. The van der Waals surface area contributed by atoms with E-state index in [4.69, 9.17) is 0 Å². The average molecular weight is 496 g/mol. The fourth-order valence-electron chi connectivity index (χ4n) is 3.10. The fourth-order valence-corrected chi connectivity index (χ4v) is 5.59. The van der Waals surface area contributed by atoms with Crippen molar-refractivity contribution >= 4 is 57.4 Å². The van der Waals surface area contributed by atoms with Gasteiger partial charge in [-0.1, -0.05) is 18.2 Å². The van der Waals surface area contributed by atoms with E-state index in [-0.39, 0.29) is 29.7 Å². The molecule has 2 aliphatic rings. The van der Waals surface area contributed by atoms with Crippen LogP contribution in [0.25, 0.3) is 0 Å². The molecule has 3 rings (SSSR count). The number of fused-ring (bicyclic) bond motifs is 1. The first-order valence-electron chi connectivity index (χ1n) is 8.23. The van der Waals surface area contributed by atoms with Crippen molar-refractivity contribution in [2.24, 2.45) is 4.99 Å². The molecule has 0 bridgehead atoms. The zero-order valence-electron chi connectivity index (χ0n) is 14.3. The molecule has 2 heterocycles. The lowest BCUT2D eigenvalue weighted by Crippen LogP contribution is -2.45. The number of hydrogen-bond donors (Lipinski definition) is 1. The molecule has 1 N–H and O–H groups in total. The summed E-state index contributed by atoms with van der Waals surface area (Å²) >= 11 is 1.81. The molecule has 1 saturated heterocycles. The zero-order chi connectivity index (χ0) is 17.0. The lowest BCUT2D eigenvalue weighted by atomic mass is 10.2. The Morgan fingerprint density at radius 2 is 1.96 bits per heavy atom. The van der Waals surface area contributed by atoms with Crippen LogP contribution < -0.4 is 10.2 Å². The number of thioether (sulfide) groups is 1. The van der Waals surface area contributed by atoms with E-state index in [1.807, 2.05) is 23.9 Å². The Balaban J connectivity index is 0.00000225. The predicted octanol–water partition coefficient (Wildman–Crippen LogP) is 1.62. The van der Waals surface area contributed by atoms with Gasteiger partial charge in [-0.05, 0) is 18.1 Å². The van der Waals surface area contributed by atoms with E-state index in [0.717, 1.165) is 36.1 Å². The molecule has 2 aliphatic heterocycles. The second kappa shape index (κ2) is 9.43. The summed E-state index contributed by atoms with van der Waals surface area (Å²) in [6.07, 6.45) is 0.987. The number of hydrogen-bond acceptors (Lipinski definition) is 4. The van der Waals surface area contributed by atoms with E-state index < -0.39 is 10.0 Å². The summed E-state index contributed by atoms with van der Waals surface area (Å²) in [4.78, 5) is 6.45. The molecule has 25 heavy (non-hydrogen) atoms. The van der Waals surface area contributed by atoms with Gasteiger partial charge in [0, 0.05) is 50.4 Å². The number of anilines is 1. The summed E-state index contributed by atoms with van der Waals surface area (Å²) in [5, 5.41) is 3.21. The van der Waals surface area contributed by atoms with Crippen LogP contribution in [0.5, 0.6) is 0 Å². The third-order valence-electron chi connectivity index (χ3n) is 4.36. The topological polar surface area (TPSA) is 65.0 Å². The van der Waals surface area contributed by atoms with E-state index in [1.54, 1.807) is 11.4 Å². The predicted molar refractivity (Wildman–Crippen MR) is 117 cm³/mol. The van der Waals surface area contributed by atoms with Crippen molar-refractivity contribution in [3.05, 3.63) is 29.8 Å².